The minimum atomic E-state index is -0.570. The van der Waals surface area contributed by atoms with Crippen LogP contribution in [0.15, 0.2) is 36.9 Å². The van der Waals surface area contributed by atoms with Gasteiger partial charge in [0.15, 0.2) is 0 Å². The molecule has 1 amide bonds. The summed E-state index contributed by atoms with van der Waals surface area (Å²) >= 11 is 0. The maximum Gasteiger partial charge on any atom is 0.255 e. The third-order valence-electron chi connectivity index (χ3n) is 2.89. The molecule has 0 aliphatic heterocycles. The number of halogens is 1. The number of nitrogens with one attached hydrogen (secondary N) is 1. The van der Waals surface area contributed by atoms with Crippen molar-refractivity contribution in [1.82, 2.24) is 14.9 Å². The molecule has 5 nitrogen and oxygen atoms in total. The highest BCUT2D eigenvalue weighted by molar-refractivity contribution is 5.96. The number of benzene rings is 1. The zero-order valence-corrected chi connectivity index (χ0v) is 10.9. The highest BCUT2D eigenvalue weighted by atomic mass is 19.1. The number of carbonyl (C=O) groups excluding carboxylic acids is 1. The summed E-state index contributed by atoms with van der Waals surface area (Å²) in [5, 5.41) is 12.2. The molecule has 0 radical (unpaired) electrons. The van der Waals surface area contributed by atoms with Crippen molar-refractivity contribution in [2.75, 3.05) is 6.54 Å². The Balaban J connectivity index is 1.72. The summed E-state index contributed by atoms with van der Waals surface area (Å²) in [6, 6.07) is 3.34. The molecule has 0 bridgehead atoms. The number of amides is 1. The molecule has 0 saturated heterocycles. The fourth-order valence-electron chi connectivity index (χ4n) is 1.83. The van der Waals surface area contributed by atoms with Gasteiger partial charge in [-0.2, -0.15) is 0 Å². The van der Waals surface area contributed by atoms with Crippen molar-refractivity contribution in [2.24, 2.45) is 0 Å². The number of nitrogens with zero attached hydrogens (tertiary/aromatic N) is 2. The molecule has 1 aromatic carbocycles. The summed E-state index contributed by atoms with van der Waals surface area (Å²) < 4.78 is 14.8. The quantitative estimate of drug-likeness (QED) is 0.793. The number of aryl methyl sites for hydroxylation is 1. The van der Waals surface area contributed by atoms with Crippen molar-refractivity contribution in [1.29, 1.82) is 0 Å². The molecule has 0 spiro atoms. The number of phenols is 1. The standard InChI is InChI=1S/C14H16FN3O2/c15-11-3-4-12(13(19)9-11)14(20)17-5-1-2-7-18-8-6-16-10-18/h3-4,6,8-10,19H,1-2,5,7H2,(H,17,20). The van der Waals surface area contributed by atoms with E-state index in [0.717, 1.165) is 31.5 Å². The summed E-state index contributed by atoms with van der Waals surface area (Å²) in [6.45, 7) is 1.35. The highest BCUT2D eigenvalue weighted by Crippen LogP contribution is 2.17. The van der Waals surface area contributed by atoms with Crippen molar-refractivity contribution in [3.05, 3.63) is 48.3 Å². The number of carbonyl (C=O) groups is 1. The number of aromatic hydroxyl groups is 1. The molecule has 0 aliphatic carbocycles. The summed E-state index contributed by atoms with van der Waals surface area (Å²) in [7, 11) is 0. The molecular weight excluding hydrogens is 261 g/mol. The van der Waals surface area contributed by atoms with E-state index in [1.807, 2.05) is 10.8 Å². The van der Waals surface area contributed by atoms with Gasteiger partial charge in [0.1, 0.15) is 11.6 Å². The van der Waals surface area contributed by atoms with E-state index in [2.05, 4.69) is 10.3 Å². The number of imidazole rings is 1. The second kappa shape index (κ2) is 6.70. The Kier molecular flexibility index (Phi) is 4.70. The van der Waals surface area contributed by atoms with Gasteiger partial charge < -0.3 is 15.0 Å². The van der Waals surface area contributed by atoms with Crippen LogP contribution in [-0.2, 0) is 6.54 Å². The molecule has 1 aromatic heterocycles. The van der Waals surface area contributed by atoms with Crippen LogP contribution >= 0.6 is 0 Å². The average Bonchev–Trinajstić information content (AvgIpc) is 2.91. The largest absolute Gasteiger partial charge is 0.507 e. The number of unbranched alkanes of at least 4 members (excludes halogenated alkanes) is 1. The minimum Gasteiger partial charge on any atom is -0.507 e. The van der Waals surface area contributed by atoms with E-state index in [4.69, 9.17) is 0 Å². The van der Waals surface area contributed by atoms with E-state index >= 15 is 0 Å². The minimum absolute atomic E-state index is 0.0843. The van der Waals surface area contributed by atoms with Gasteiger partial charge >= 0.3 is 0 Å². The molecule has 1 heterocycles. The van der Waals surface area contributed by atoms with Crippen molar-refractivity contribution in [2.45, 2.75) is 19.4 Å². The number of aromatic nitrogens is 2. The molecule has 6 heteroatoms. The Hall–Kier alpha value is -2.37. The monoisotopic (exact) mass is 277 g/mol. The van der Waals surface area contributed by atoms with Gasteiger partial charge in [-0.25, -0.2) is 9.37 Å². The lowest BCUT2D eigenvalue weighted by atomic mass is 10.2. The molecule has 0 aliphatic rings. The molecule has 2 N–H and O–H groups in total. The van der Waals surface area contributed by atoms with Crippen LogP contribution in [0.2, 0.25) is 0 Å². The molecule has 2 aromatic rings. The molecule has 0 atom stereocenters. The highest BCUT2D eigenvalue weighted by Gasteiger charge is 2.10. The SMILES string of the molecule is O=C(NCCCCn1ccnc1)c1ccc(F)cc1O. The second-order valence-corrected chi connectivity index (χ2v) is 4.42. The number of phenolic OH excluding ortho intramolecular Hbond substituents is 1. The van der Waals surface area contributed by atoms with Crippen LogP contribution < -0.4 is 5.32 Å². The average molecular weight is 277 g/mol. The molecule has 2 rings (SSSR count). The number of hydrogen-bond acceptors (Lipinski definition) is 3. The predicted molar refractivity (Wildman–Crippen MR) is 71.9 cm³/mol. The fraction of sp³-hybridized carbons (Fsp3) is 0.286. The van der Waals surface area contributed by atoms with Gasteiger partial charge in [-0.15, -0.1) is 0 Å². The van der Waals surface area contributed by atoms with Crippen molar-refractivity contribution in [3.63, 3.8) is 0 Å². The van der Waals surface area contributed by atoms with Crippen LogP contribution in [0.4, 0.5) is 4.39 Å². The Morgan fingerprint density at radius 2 is 2.25 bits per heavy atom. The number of hydrogen-bond donors (Lipinski definition) is 2. The number of rotatable bonds is 6. The Morgan fingerprint density at radius 1 is 1.40 bits per heavy atom. The second-order valence-electron chi connectivity index (χ2n) is 4.42. The zero-order valence-electron chi connectivity index (χ0n) is 10.9. The fourth-order valence-corrected chi connectivity index (χ4v) is 1.83. The first-order valence-corrected chi connectivity index (χ1v) is 6.39. The smallest absolute Gasteiger partial charge is 0.255 e. The van der Waals surface area contributed by atoms with E-state index in [-0.39, 0.29) is 11.3 Å². The zero-order chi connectivity index (χ0) is 14.4. The van der Waals surface area contributed by atoms with Gasteiger partial charge in [-0.05, 0) is 25.0 Å². The predicted octanol–water partition coefficient (Wildman–Crippen LogP) is 1.94. The summed E-state index contributed by atoms with van der Waals surface area (Å²) in [5.74, 6) is -1.31. The molecule has 20 heavy (non-hydrogen) atoms. The third kappa shape index (κ3) is 3.81. The third-order valence-corrected chi connectivity index (χ3v) is 2.89. The van der Waals surface area contributed by atoms with E-state index in [1.165, 1.54) is 6.07 Å². The molecule has 0 saturated carbocycles. The van der Waals surface area contributed by atoms with Gasteiger partial charge in [0.05, 0.1) is 11.9 Å². The summed E-state index contributed by atoms with van der Waals surface area (Å²) in [4.78, 5) is 15.7. The van der Waals surface area contributed by atoms with Crippen LogP contribution in [0.25, 0.3) is 0 Å². The van der Waals surface area contributed by atoms with Crippen LogP contribution in [-0.4, -0.2) is 27.1 Å². The first kappa shape index (κ1) is 14.0. The lowest BCUT2D eigenvalue weighted by molar-refractivity contribution is 0.0950. The summed E-state index contributed by atoms with van der Waals surface area (Å²) in [6.07, 6.45) is 7.07. The van der Waals surface area contributed by atoms with E-state index in [0.29, 0.717) is 6.54 Å². The first-order chi connectivity index (χ1) is 9.66. The van der Waals surface area contributed by atoms with Gasteiger partial charge in [-0.3, -0.25) is 4.79 Å². The van der Waals surface area contributed by atoms with Crippen LogP contribution in [0, 0.1) is 5.82 Å². The molecule has 0 unspecified atom stereocenters. The van der Waals surface area contributed by atoms with Crippen molar-refractivity contribution >= 4 is 5.91 Å². The topological polar surface area (TPSA) is 67.2 Å². The Bertz CT molecular complexity index is 570. The Labute approximate surface area is 116 Å². The maximum atomic E-state index is 12.8. The Morgan fingerprint density at radius 3 is 2.95 bits per heavy atom. The van der Waals surface area contributed by atoms with E-state index in [1.54, 1.807) is 12.5 Å². The van der Waals surface area contributed by atoms with Crippen LogP contribution in [0.3, 0.4) is 0 Å². The van der Waals surface area contributed by atoms with Gasteiger partial charge in [-0.1, -0.05) is 0 Å². The summed E-state index contributed by atoms with van der Waals surface area (Å²) in [5.41, 5.74) is 0.0843. The normalized spacial score (nSPS) is 10.4. The van der Waals surface area contributed by atoms with Gasteiger partial charge in [0.25, 0.3) is 5.91 Å². The maximum absolute atomic E-state index is 12.8. The van der Waals surface area contributed by atoms with Crippen LogP contribution in [0.1, 0.15) is 23.2 Å². The van der Waals surface area contributed by atoms with E-state index in [9.17, 15) is 14.3 Å². The molecule has 0 fully saturated rings. The van der Waals surface area contributed by atoms with Gasteiger partial charge in [0.2, 0.25) is 0 Å². The lowest BCUT2D eigenvalue weighted by Gasteiger charge is -2.07. The van der Waals surface area contributed by atoms with Crippen molar-refractivity contribution in [3.8, 4) is 5.75 Å². The molecular formula is C14H16FN3O2. The van der Waals surface area contributed by atoms with Crippen molar-refractivity contribution < 1.29 is 14.3 Å². The first-order valence-electron chi connectivity index (χ1n) is 6.39. The van der Waals surface area contributed by atoms with E-state index < -0.39 is 11.7 Å². The van der Waals surface area contributed by atoms with Gasteiger partial charge in [0, 0.05) is 31.5 Å². The van der Waals surface area contributed by atoms with Crippen LogP contribution in [0.5, 0.6) is 5.75 Å². The lowest BCUT2D eigenvalue weighted by Crippen LogP contribution is -2.24. The molecule has 106 valence electrons.